The van der Waals surface area contributed by atoms with Gasteiger partial charge < -0.3 is 19.1 Å². The van der Waals surface area contributed by atoms with Crippen LogP contribution in [0.4, 0.5) is 5.13 Å². The van der Waals surface area contributed by atoms with Crippen LogP contribution >= 0.6 is 11.3 Å². The van der Waals surface area contributed by atoms with Crippen LogP contribution in [0.15, 0.2) is 12.1 Å². The normalized spacial score (nSPS) is 26.7. The summed E-state index contributed by atoms with van der Waals surface area (Å²) >= 11 is 1.56. The minimum absolute atomic E-state index is 0.00112. The Kier molecular flexibility index (Phi) is 6.99. The second kappa shape index (κ2) is 9.96. The van der Waals surface area contributed by atoms with Crippen LogP contribution in [0.3, 0.4) is 0 Å². The van der Waals surface area contributed by atoms with Crippen LogP contribution in [0.25, 0.3) is 10.2 Å². The zero-order valence-electron chi connectivity index (χ0n) is 19.7. The van der Waals surface area contributed by atoms with E-state index >= 15 is 0 Å². The van der Waals surface area contributed by atoms with Crippen LogP contribution in [0.2, 0.25) is 0 Å². The number of carbonyl (C=O) groups is 1. The van der Waals surface area contributed by atoms with Crippen molar-refractivity contribution in [1.82, 2.24) is 9.88 Å². The molecule has 1 aliphatic heterocycles. The highest BCUT2D eigenvalue weighted by atomic mass is 32.1. The third kappa shape index (κ3) is 4.56. The Morgan fingerprint density at radius 2 is 2.06 bits per heavy atom. The fourth-order valence-corrected chi connectivity index (χ4v) is 7.29. The van der Waals surface area contributed by atoms with Gasteiger partial charge in [-0.2, -0.15) is 0 Å². The number of nitrogens with one attached hydrogen (secondary N) is 1. The lowest BCUT2D eigenvalue weighted by atomic mass is 9.52. The quantitative estimate of drug-likeness (QED) is 0.561. The van der Waals surface area contributed by atoms with Crippen molar-refractivity contribution in [3.8, 4) is 0 Å². The van der Waals surface area contributed by atoms with Gasteiger partial charge in [0, 0.05) is 18.6 Å². The van der Waals surface area contributed by atoms with Crippen molar-refractivity contribution in [2.75, 3.05) is 59.1 Å². The van der Waals surface area contributed by atoms with Crippen LogP contribution in [-0.2, 0) is 30.8 Å². The lowest BCUT2D eigenvalue weighted by Crippen LogP contribution is -2.59. The molecule has 1 aromatic heterocycles. The molecule has 0 spiro atoms. The van der Waals surface area contributed by atoms with E-state index in [0.717, 1.165) is 22.6 Å². The minimum Gasteiger partial charge on any atom is -0.382 e. The average Bonchev–Trinajstić information content (AvgIpc) is 3.20. The van der Waals surface area contributed by atoms with Crippen molar-refractivity contribution in [2.24, 2.45) is 5.92 Å². The number of rotatable bonds is 9. The Morgan fingerprint density at radius 1 is 1.21 bits per heavy atom. The van der Waals surface area contributed by atoms with Gasteiger partial charge in [-0.3, -0.25) is 10.1 Å². The second-order valence-electron chi connectivity index (χ2n) is 9.71. The Hall–Kier alpha value is -1.58. The van der Waals surface area contributed by atoms with Gasteiger partial charge >= 0.3 is 0 Å². The molecule has 0 radical (unpaired) electrons. The standard InChI is InChI=1S/C25H35N3O4S/c1-28-8-7-25-6-4-3-5-18(25)21(28)13-17-14-22-20(15-19(17)25)26-24(33-22)27-23(29)16-32-12-11-31-10-9-30-2/h14-15,18,21H,3-13,16H2,1-2H3,(H,26,27,29)/t18-,21+,25+/m0/s1. The van der Waals surface area contributed by atoms with E-state index in [0.29, 0.717) is 43.0 Å². The molecular formula is C25H35N3O4S. The summed E-state index contributed by atoms with van der Waals surface area (Å²) in [6, 6.07) is 5.36. The van der Waals surface area contributed by atoms with Crippen LogP contribution in [0.5, 0.6) is 0 Å². The van der Waals surface area contributed by atoms with E-state index in [4.69, 9.17) is 19.2 Å². The number of likely N-dealkylation sites (N-methyl/N-ethyl adjacent to an activating group) is 1. The summed E-state index contributed by atoms with van der Waals surface area (Å²) in [5, 5.41) is 3.56. The van der Waals surface area contributed by atoms with E-state index in [1.165, 1.54) is 44.2 Å². The molecule has 180 valence electrons. The maximum Gasteiger partial charge on any atom is 0.252 e. The maximum absolute atomic E-state index is 12.3. The van der Waals surface area contributed by atoms with Crippen LogP contribution in [0, 0.1) is 5.92 Å². The summed E-state index contributed by atoms with van der Waals surface area (Å²) in [7, 11) is 3.94. The molecule has 33 heavy (non-hydrogen) atoms. The van der Waals surface area contributed by atoms with Gasteiger partial charge in [-0.1, -0.05) is 24.2 Å². The van der Waals surface area contributed by atoms with Crippen molar-refractivity contribution in [3.05, 3.63) is 23.3 Å². The number of piperidine rings is 1. The number of benzene rings is 1. The van der Waals surface area contributed by atoms with Crippen LogP contribution in [0.1, 0.15) is 43.2 Å². The molecule has 2 fully saturated rings. The van der Waals surface area contributed by atoms with Crippen molar-refractivity contribution < 1.29 is 19.0 Å². The number of fused-ring (bicyclic) bond motifs is 2. The highest BCUT2D eigenvalue weighted by Crippen LogP contribution is 2.56. The number of nitrogens with zero attached hydrogens (tertiary/aromatic N) is 2. The number of amides is 1. The zero-order valence-corrected chi connectivity index (χ0v) is 20.5. The van der Waals surface area contributed by atoms with E-state index in [2.05, 4.69) is 29.4 Å². The number of likely N-dealkylation sites (tertiary alicyclic amines) is 1. The molecule has 1 saturated heterocycles. The molecule has 1 amide bonds. The monoisotopic (exact) mass is 473 g/mol. The summed E-state index contributed by atoms with van der Waals surface area (Å²) in [6.45, 7) is 3.10. The molecule has 2 aliphatic carbocycles. The molecular weight excluding hydrogens is 438 g/mol. The third-order valence-electron chi connectivity index (χ3n) is 7.90. The predicted octanol–water partition coefficient (Wildman–Crippen LogP) is 3.60. The number of anilines is 1. The lowest BCUT2D eigenvalue weighted by molar-refractivity contribution is -0.121. The first-order chi connectivity index (χ1) is 16.1. The minimum atomic E-state index is -0.181. The number of aromatic nitrogens is 1. The highest BCUT2D eigenvalue weighted by Gasteiger charge is 2.53. The summed E-state index contributed by atoms with van der Waals surface area (Å²) in [4.78, 5) is 19.7. The Labute approximate surface area is 199 Å². The number of hydrogen-bond acceptors (Lipinski definition) is 7. The number of thiazole rings is 1. The Bertz CT molecular complexity index is 995. The molecule has 2 heterocycles. The summed E-state index contributed by atoms with van der Waals surface area (Å²) in [6.07, 6.45) is 7.74. The summed E-state index contributed by atoms with van der Waals surface area (Å²) < 4.78 is 16.8. The van der Waals surface area contributed by atoms with Crippen molar-refractivity contribution in [1.29, 1.82) is 0 Å². The Morgan fingerprint density at radius 3 is 2.94 bits per heavy atom. The maximum atomic E-state index is 12.3. The van der Waals surface area contributed by atoms with Crippen LogP contribution < -0.4 is 5.32 Å². The molecule has 1 N–H and O–H groups in total. The molecule has 8 heteroatoms. The SMILES string of the molecule is COCCOCCOCC(=O)Nc1nc2cc3c(cc2s1)C[C@@H]1[C@@H]2CCCC[C@]32CCN1C. The van der Waals surface area contributed by atoms with Gasteiger partial charge in [0.25, 0.3) is 5.91 Å². The van der Waals surface area contributed by atoms with Gasteiger partial charge in [-0.25, -0.2) is 4.98 Å². The number of ether oxygens (including phenoxy) is 3. The second-order valence-corrected chi connectivity index (χ2v) is 10.7. The molecule has 2 bridgehead atoms. The molecule has 3 atom stereocenters. The summed E-state index contributed by atoms with van der Waals surface area (Å²) in [5.74, 6) is 0.586. The fourth-order valence-electron chi connectivity index (χ4n) is 6.36. The van der Waals surface area contributed by atoms with E-state index in [-0.39, 0.29) is 12.5 Å². The Balaban J connectivity index is 1.27. The fraction of sp³-hybridized carbons (Fsp3) is 0.680. The highest BCUT2D eigenvalue weighted by molar-refractivity contribution is 7.22. The number of hydrogen-bond donors (Lipinski definition) is 1. The molecule has 1 aromatic carbocycles. The number of methoxy groups -OCH3 is 1. The zero-order chi connectivity index (χ0) is 22.8. The van der Waals surface area contributed by atoms with Gasteiger partial charge in [-0.15, -0.1) is 0 Å². The van der Waals surface area contributed by atoms with Gasteiger partial charge in [0.1, 0.15) is 6.61 Å². The first-order valence-electron chi connectivity index (χ1n) is 12.2. The van der Waals surface area contributed by atoms with E-state index in [9.17, 15) is 4.79 Å². The predicted molar refractivity (Wildman–Crippen MR) is 130 cm³/mol. The lowest BCUT2D eigenvalue weighted by Gasteiger charge is -2.58. The molecule has 2 aromatic rings. The molecule has 1 saturated carbocycles. The largest absolute Gasteiger partial charge is 0.382 e. The van der Waals surface area contributed by atoms with Crippen LogP contribution in [-0.4, -0.2) is 75.6 Å². The van der Waals surface area contributed by atoms with Gasteiger partial charge in [0.05, 0.1) is 36.6 Å². The third-order valence-corrected chi connectivity index (χ3v) is 8.83. The molecule has 5 rings (SSSR count). The van der Waals surface area contributed by atoms with E-state index in [1.807, 2.05) is 0 Å². The first-order valence-corrected chi connectivity index (χ1v) is 13.0. The topological polar surface area (TPSA) is 72.9 Å². The van der Waals surface area contributed by atoms with E-state index in [1.54, 1.807) is 24.0 Å². The average molecular weight is 474 g/mol. The van der Waals surface area contributed by atoms with Gasteiger partial charge in [-0.05, 0) is 68.5 Å². The van der Waals surface area contributed by atoms with Crippen molar-refractivity contribution in [3.63, 3.8) is 0 Å². The van der Waals surface area contributed by atoms with E-state index < -0.39 is 0 Å². The summed E-state index contributed by atoms with van der Waals surface area (Å²) in [5.41, 5.74) is 4.38. The molecule has 3 aliphatic rings. The van der Waals surface area contributed by atoms with Gasteiger partial charge in [0.2, 0.25) is 0 Å². The van der Waals surface area contributed by atoms with Crippen molar-refractivity contribution in [2.45, 2.75) is 50.0 Å². The molecule has 0 unspecified atom stereocenters. The van der Waals surface area contributed by atoms with Gasteiger partial charge in [0.15, 0.2) is 5.13 Å². The number of carbonyl (C=O) groups excluding carboxylic acids is 1. The van der Waals surface area contributed by atoms with Crippen molar-refractivity contribution >= 4 is 32.6 Å². The first kappa shape index (κ1) is 23.2. The smallest absolute Gasteiger partial charge is 0.252 e. The molecule has 7 nitrogen and oxygen atoms in total.